The minimum absolute atomic E-state index is 0.00116. The van der Waals surface area contributed by atoms with Crippen molar-refractivity contribution in [1.82, 2.24) is 5.32 Å². The maximum atomic E-state index is 12.0. The number of hydrogen-bond acceptors (Lipinski definition) is 1. The molecule has 0 aromatic carbocycles. The van der Waals surface area contributed by atoms with Gasteiger partial charge in [0.15, 0.2) is 0 Å². The van der Waals surface area contributed by atoms with Crippen molar-refractivity contribution in [3.63, 3.8) is 0 Å². The lowest BCUT2D eigenvalue weighted by Gasteiger charge is -2.23. The number of hydrogen-bond donors (Lipinski definition) is 1. The van der Waals surface area contributed by atoms with E-state index in [1.54, 1.807) is 6.08 Å². The van der Waals surface area contributed by atoms with Gasteiger partial charge in [0.05, 0.1) is 5.92 Å². The lowest BCUT2D eigenvalue weighted by molar-refractivity contribution is -0.161. The molecule has 0 aromatic heterocycles. The first-order valence-corrected chi connectivity index (χ1v) is 3.48. The van der Waals surface area contributed by atoms with Gasteiger partial charge in [0, 0.05) is 12.6 Å². The Morgan fingerprint density at radius 1 is 1.36 bits per heavy atom. The van der Waals surface area contributed by atoms with E-state index in [2.05, 4.69) is 5.32 Å². The third-order valence-electron chi connectivity index (χ3n) is 1.71. The third-order valence-corrected chi connectivity index (χ3v) is 1.71. The van der Waals surface area contributed by atoms with Crippen LogP contribution in [0, 0.1) is 5.92 Å². The van der Waals surface area contributed by atoms with Gasteiger partial charge < -0.3 is 5.32 Å². The minimum Gasteiger partial charge on any atom is -0.310 e. The van der Waals surface area contributed by atoms with Crippen LogP contribution in [-0.2, 0) is 0 Å². The molecule has 0 radical (unpaired) electrons. The minimum atomic E-state index is -4.09. The zero-order valence-corrected chi connectivity index (χ0v) is 6.15. The van der Waals surface area contributed by atoms with Crippen molar-refractivity contribution in [3.8, 4) is 0 Å². The van der Waals surface area contributed by atoms with E-state index in [4.69, 9.17) is 0 Å². The second-order valence-electron chi connectivity index (χ2n) is 2.73. The van der Waals surface area contributed by atoms with E-state index in [9.17, 15) is 13.2 Å². The van der Waals surface area contributed by atoms with Crippen molar-refractivity contribution >= 4 is 0 Å². The highest BCUT2D eigenvalue weighted by Gasteiger charge is 2.38. The molecule has 0 fully saturated rings. The number of rotatable bonds is 0. The van der Waals surface area contributed by atoms with E-state index in [1.165, 1.54) is 6.08 Å². The van der Waals surface area contributed by atoms with Gasteiger partial charge in [-0.3, -0.25) is 0 Å². The van der Waals surface area contributed by atoms with E-state index in [-0.39, 0.29) is 12.6 Å². The average molecular weight is 165 g/mol. The van der Waals surface area contributed by atoms with E-state index in [0.717, 1.165) is 0 Å². The highest BCUT2D eigenvalue weighted by atomic mass is 19.4. The van der Waals surface area contributed by atoms with Gasteiger partial charge >= 0.3 is 6.18 Å². The highest BCUT2D eigenvalue weighted by molar-refractivity contribution is 5.02. The van der Waals surface area contributed by atoms with Crippen LogP contribution in [0.5, 0.6) is 0 Å². The number of nitrogens with one attached hydrogen (secondary N) is 1. The zero-order valence-electron chi connectivity index (χ0n) is 6.15. The van der Waals surface area contributed by atoms with Crippen LogP contribution in [-0.4, -0.2) is 18.8 Å². The first-order valence-electron chi connectivity index (χ1n) is 3.48. The molecule has 1 N–H and O–H groups in total. The first-order chi connectivity index (χ1) is 5.00. The quantitative estimate of drug-likeness (QED) is 0.539. The Kier molecular flexibility index (Phi) is 2.23. The summed E-state index contributed by atoms with van der Waals surface area (Å²) < 4.78 is 35.9. The SMILES string of the molecule is CC1C=CC(C(F)(F)F)CN1. The molecule has 0 bridgehead atoms. The third kappa shape index (κ3) is 2.22. The summed E-state index contributed by atoms with van der Waals surface area (Å²) in [5.41, 5.74) is 0. The Bertz CT molecular complexity index is 162. The summed E-state index contributed by atoms with van der Waals surface area (Å²) in [4.78, 5) is 0. The first kappa shape index (κ1) is 8.59. The molecule has 0 aliphatic carbocycles. The van der Waals surface area contributed by atoms with Crippen LogP contribution >= 0.6 is 0 Å². The Balaban J connectivity index is 2.57. The summed E-state index contributed by atoms with van der Waals surface area (Å²) in [5, 5.41) is 2.73. The molecule has 64 valence electrons. The normalized spacial score (nSPS) is 32.4. The molecule has 1 rings (SSSR count). The molecule has 0 saturated heterocycles. The average Bonchev–Trinajstić information content (AvgIpc) is 1.86. The van der Waals surface area contributed by atoms with Crippen LogP contribution < -0.4 is 5.32 Å². The Morgan fingerprint density at radius 3 is 2.36 bits per heavy atom. The molecule has 1 heterocycles. The van der Waals surface area contributed by atoms with E-state index >= 15 is 0 Å². The van der Waals surface area contributed by atoms with Crippen molar-refractivity contribution in [2.24, 2.45) is 5.92 Å². The molecule has 2 atom stereocenters. The predicted molar refractivity (Wildman–Crippen MR) is 36.1 cm³/mol. The molecule has 1 aliphatic heterocycles. The Labute approximate surface area is 63.3 Å². The fourth-order valence-electron chi connectivity index (χ4n) is 0.975. The molecule has 2 unspecified atom stereocenters. The van der Waals surface area contributed by atoms with Crippen molar-refractivity contribution in [2.45, 2.75) is 19.1 Å². The summed E-state index contributed by atoms with van der Waals surface area (Å²) in [6.45, 7) is 1.82. The fraction of sp³-hybridized carbons (Fsp3) is 0.714. The Hall–Kier alpha value is -0.510. The van der Waals surface area contributed by atoms with E-state index < -0.39 is 12.1 Å². The monoisotopic (exact) mass is 165 g/mol. The lowest BCUT2D eigenvalue weighted by Crippen LogP contribution is -2.39. The lowest BCUT2D eigenvalue weighted by atomic mass is 10.0. The zero-order chi connectivity index (χ0) is 8.48. The molecule has 0 amide bonds. The van der Waals surface area contributed by atoms with E-state index in [0.29, 0.717) is 0 Å². The van der Waals surface area contributed by atoms with Crippen molar-refractivity contribution in [1.29, 1.82) is 0 Å². The topological polar surface area (TPSA) is 12.0 Å². The molecule has 0 aromatic rings. The molecule has 1 nitrogen and oxygen atoms in total. The predicted octanol–water partition coefficient (Wildman–Crippen LogP) is 1.71. The molecule has 0 spiro atoms. The smallest absolute Gasteiger partial charge is 0.310 e. The van der Waals surface area contributed by atoms with Crippen molar-refractivity contribution in [2.75, 3.05) is 6.54 Å². The standard InChI is InChI=1S/C7H10F3N/c1-5-2-3-6(4-11-5)7(8,9)10/h2-3,5-6,11H,4H2,1H3. The summed E-state index contributed by atoms with van der Waals surface area (Å²) in [7, 11) is 0. The second kappa shape index (κ2) is 2.85. The summed E-state index contributed by atoms with van der Waals surface area (Å²) >= 11 is 0. The largest absolute Gasteiger partial charge is 0.396 e. The van der Waals surface area contributed by atoms with Crippen LogP contribution in [0.4, 0.5) is 13.2 Å². The molecular weight excluding hydrogens is 155 g/mol. The molecule has 0 saturated carbocycles. The van der Waals surface area contributed by atoms with Gasteiger partial charge in [-0.1, -0.05) is 12.2 Å². The van der Waals surface area contributed by atoms with Gasteiger partial charge in [-0.2, -0.15) is 13.2 Å². The van der Waals surface area contributed by atoms with E-state index in [1.807, 2.05) is 6.92 Å². The van der Waals surface area contributed by atoms with Crippen LogP contribution in [0.15, 0.2) is 12.2 Å². The van der Waals surface area contributed by atoms with Crippen LogP contribution in [0.25, 0.3) is 0 Å². The highest BCUT2D eigenvalue weighted by Crippen LogP contribution is 2.28. The second-order valence-corrected chi connectivity index (χ2v) is 2.73. The maximum absolute atomic E-state index is 12.0. The molecular formula is C7H10F3N. The molecule has 4 heteroatoms. The summed E-state index contributed by atoms with van der Waals surface area (Å²) in [6.07, 6.45) is -1.33. The van der Waals surface area contributed by atoms with Gasteiger partial charge in [0.25, 0.3) is 0 Å². The molecule has 1 aliphatic rings. The Morgan fingerprint density at radius 2 is 2.00 bits per heavy atom. The van der Waals surface area contributed by atoms with Gasteiger partial charge in [0.1, 0.15) is 0 Å². The van der Waals surface area contributed by atoms with Crippen molar-refractivity contribution < 1.29 is 13.2 Å². The number of alkyl halides is 3. The molecule has 11 heavy (non-hydrogen) atoms. The van der Waals surface area contributed by atoms with Gasteiger partial charge in [-0.05, 0) is 6.92 Å². The fourth-order valence-corrected chi connectivity index (χ4v) is 0.975. The van der Waals surface area contributed by atoms with Gasteiger partial charge in [0.2, 0.25) is 0 Å². The van der Waals surface area contributed by atoms with Crippen LogP contribution in [0.1, 0.15) is 6.92 Å². The van der Waals surface area contributed by atoms with Gasteiger partial charge in [-0.15, -0.1) is 0 Å². The number of halogens is 3. The van der Waals surface area contributed by atoms with Gasteiger partial charge in [-0.25, -0.2) is 0 Å². The van der Waals surface area contributed by atoms with Crippen LogP contribution in [0.3, 0.4) is 0 Å². The van der Waals surface area contributed by atoms with Crippen LogP contribution in [0.2, 0.25) is 0 Å². The van der Waals surface area contributed by atoms with Crippen molar-refractivity contribution in [3.05, 3.63) is 12.2 Å². The summed E-state index contributed by atoms with van der Waals surface area (Å²) in [6, 6.07) is 0.0635. The maximum Gasteiger partial charge on any atom is 0.396 e. The summed E-state index contributed by atoms with van der Waals surface area (Å²) in [5.74, 6) is -1.31.